The minimum absolute atomic E-state index is 0.241. The van der Waals surface area contributed by atoms with Gasteiger partial charge < -0.3 is 10.1 Å². The first-order valence-corrected chi connectivity index (χ1v) is 10.3. The van der Waals surface area contributed by atoms with Crippen LogP contribution in [0.5, 0.6) is 5.88 Å². The lowest BCUT2D eigenvalue weighted by Crippen LogP contribution is -2.13. The highest BCUT2D eigenvalue weighted by molar-refractivity contribution is 6.06. The highest BCUT2D eigenvalue weighted by atomic mass is 16.5. The van der Waals surface area contributed by atoms with E-state index < -0.39 is 0 Å². The third kappa shape index (κ3) is 5.20. The minimum Gasteiger partial charge on any atom is -0.471 e. The first-order valence-electron chi connectivity index (χ1n) is 10.3. The van der Waals surface area contributed by atoms with Crippen LogP contribution in [0, 0.1) is 13.8 Å². The summed E-state index contributed by atoms with van der Waals surface area (Å²) in [4.78, 5) is 13.1. The summed E-state index contributed by atoms with van der Waals surface area (Å²) in [6, 6.07) is 25.8. The molecule has 1 heterocycles. The quantitative estimate of drug-likeness (QED) is 0.444. The topological polar surface area (TPSA) is 56.2 Å². The average Bonchev–Trinajstić information content (AvgIpc) is 3.18. The van der Waals surface area contributed by atoms with E-state index in [0.29, 0.717) is 24.6 Å². The zero-order valence-electron chi connectivity index (χ0n) is 17.7. The molecule has 0 aliphatic heterocycles. The predicted octanol–water partition coefficient (Wildman–Crippen LogP) is 5.38. The number of hydrogen-bond acceptors (Lipinski definition) is 3. The van der Waals surface area contributed by atoms with Gasteiger partial charge >= 0.3 is 0 Å². The molecular formula is C26H25N3O2. The molecule has 3 aromatic carbocycles. The Balaban J connectivity index is 1.59. The van der Waals surface area contributed by atoms with Crippen molar-refractivity contribution < 1.29 is 9.53 Å². The second-order valence-corrected chi connectivity index (χ2v) is 7.58. The maximum Gasteiger partial charge on any atom is 0.262 e. The number of carbonyl (C=O) groups excluding carboxylic acids is 1. The number of rotatable bonds is 7. The molecule has 0 unspecified atom stereocenters. The van der Waals surface area contributed by atoms with E-state index in [1.54, 1.807) is 10.9 Å². The van der Waals surface area contributed by atoms with Crippen LogP contribution >= 0.6 is 0 Å². The standard InChI is InChI=1S/C26H25N3O2/c1-19-13-14-24(20(2)15-19)27-25(30)23-17-29(16-21-9-5-3-6-10-21)28-26(23)31-18-22-11-7-4-8-12-22/h3-15,17H,16,18H2,1-2H3,(H,27,30). The van der Waals surface area contributed by atoms with Crippen molar-refractivity contribution in [2.75, 3.05) is 5.32 Å². The fourth-order valence-corrected chi connectivity index (χ4v) is 3.39. The zero-order chi connectivity index (χ0) is 21.6. The van der Waals surface area contributed by atoms with E-state index in [-0.39, 0.29) is 5.91 Å². The summed E-state index contributed by atoms with van der Waals surface area (Å²) >= 11 is 0. The average molecular weight is 412 g/mol. The molecule has 4 rings (SSSR count). The fourth-order valence-electron chi connectivity index (χ4n) is 3.39. The number of nitrogens with zero attached hydrogens (tertiary/aromatic N) is 2. The van der Waals surface area contributed by atoms with Crippen LogP contribution in [0.3, 0.4) is 0 Å². The monoisotopic (exact) mass is 411 g/mol. The molecule has 4 aromatic rings. The molecule has 0 aliphatic rings. The lowest BCUT2D eigenvalue weighted by atomic mass is 10.1. The van der Waals surface area contributed by atoms with Crippen LogP contribution < -0.4 is 10.1 Å². The van der Waals surface area contributed by atoms with Crippen LogP contribution in [0.1, 0.15) is 32.6 Å². The number of anilines is 1. The van der Waals surface area contributed by atoms with Gasteiger partial charge in [0.25, 0.3) is 5.91 Å². The van der Waals surface area contributed by atoms with Gasteiger partial charge in [0.15, 0.2) is 0 Å². The van der Waals surface area contributed by atoms with Crippen molar-refractivity contribution in [1.29, 1.82) is 0 Å². The van der Waals surface area contributed by atoms with E-state index in [9.17, 15) is 4.79 Å². The number of aryl methyl sites for hydroxylation is 2. The number of hydrogen-bond donors (Lipinski definition) is 1. The minimum atomic E-state index is -0.241. The molecule has 0 bridgehead atoms. The number of carbonyl (C=O) groups is 1. The Morgan fingerprint density at radius 1 is 0.935 bits per heavy atom. The van der Waals surface area contributed by atoms with E-state index in [4.69, 9.17) is 4.74 Å². The SMILES string of the molecule is Cc1ccc(NC(=O)c2cn(Cc3ccccc3)nc2OCc2ccccc2)c(C)c1. The molecule has 1 N–H and O–H groups in total. The van der Waals surface area contributed by atoms with Gasteiger partial charge in [-0.1, -0.05) is 78.4 Å². The van der Waals surface area contributed by atoms with Crippen LogP contribution in [-0.4, -0.2) is 15.7 Å². The van der Waals surface area contributed by atoms with Crippen LogP contribution in [0.4, 0.5) is 5.69 Å². The van der Waals surface area contributed by atoms with Crippen molar-refractivity contribution in [1.82, 2.24) is 9.78 Å². The molecule has 156 valence electrons. The molecule has 0 atom stereocenters. The molecule has 1 amide bonds. The summed E-state index contributed by atoms with van der Waals surface area (Å²) in [5.74, 6) is 0.0800. The Kier molecular flexibility index (Phi) is 6.13. The van der Waals surface area contributed by atoms with Gasteiger partial charge in [-0.3, -0.25) is 9.48 Å². The summed E-state index contributed by atoms with van der Waals surface area (Å²) in [6.07, 6.45) is 1.74. The third-order valence-corrected chi connectivity index (χ3v) is 5.01. The number of nitrogens with one attached hydrogen (secondary N) is 1. The normalized spacial score (nSPS) is 10.6. The summed E-state index contributed by atoms with van der Waals surface area (Å²) in [7, 11) is 0. The number of aromatic nitrogens is 2. The van der Waals surface area contributed by atoms with Gasteiger partial charge in [-0.25, -0.2) is 0 Å². The van der Waals surface area contributed by atoms with Crippen molar-refractivity contribution in [3.05, 3.63) is 113 Å². The molecule has 0 saturated heterocycles. The highest BCUT2D eigenvalue weighted by Crippen LogP contribution is 2.22. The number of ether oxygens (including phenoxy) is 1. The molecule has 5 heteroatoms. The summed E-state index contributed by atoms with van der Waals surface area (Å²) in [5, 5.41) is 7.55. The van der Waals surface area contributed by atoms with Gasteiger partial charge in [0.05, 0.1) is 6.54 Å². The number of amides is 1. The lowest BCUT2D eigenvalue weighted by Gasteiger charge is -2.09. The smallest absolute Gasteiger partial charge is 0.262 e. The second-order valence-electron chi connectivity index (χ2n) is 7.58. The largest absolute Gasteiger partial charge is 0.471 e. The Morgan fingerprint density at radius 2 is 1.61 bits per heavy atom. The van der Waals surface area contributed by atoms with E-state index in [0.717, 1.165) is 27.9 Å². The maximum atomic E-state index is 13.1. The Hall–Kier alpha value is -3.86. The van der Waals surface area contributed by atoms with Crippen LogP contribution in [-0.2, 0) is 13.2 Å². The van der Waals surface area contributed by atoms with Crippen molar-refractivity contribution in [2.45, 2.75) is 27.0 Å². The second kappa shape index (κ2) is 9.30. The van der Waals surface area contributed by atoms with Gasteiger partial charge in [-0.15, -0.1) is 5.10 Å². The molecule has 31 heavy (non-hydrogen) atoms. The summed E-state index contributed by atoms with van der Waals surface area (Å²) < 4.78 is 7.70. The van der Waals surface area contributed by atoms with Crippen LogP contribution in [0.2, 0.25) is 0 Å². The molecular weight excluding hydrogens is 386 g/mol. The molecule has 0 saturated carbocycles. The molecule has 0 radical (unpaired) electrons. The van der Waals surface area contributed by atoms with Gasteiger partial charge in [0, 0.05) is 11.9 Å². The van der Waals surface area contributed by atoms with E-state index >= 15 is 0 Å². The lowest BCUT2D eigenvalue weighted by molar-refractivity contribution is 0.102. The van der Waals surface area contributed by atoms with Gasteiger partial charge in [0.2, 0.25) is 5.88 Å². The first-order chi connectivity index (χ1) is 15.1. The Bertz CT molecular complexity index is 1170. The van der Waals surface area contributed by atoms with Crippen molar-refractivity contribution in [3.63, 3.8) is 0 Å². The molecule has 0 aliphatic carbocycles. The zero-order valence-corrected chi connectivity index (χ0v) is 17.7. The van der Waals surface area contributed by atoms with Crippen LogP contribution in [0.15, 0.2) is 85.1 Å². The fraction of sp³-hybridized carbons (Fsp3) is 0.154. The highest BCUT2D eigenvalue weighted by Gasteiger charge is 2.19. The van der Waals surface area contributed by atoms with E-state index in [1.807, 2.05) is 92.7 Å². The van der Waals surface area contributed by atoms with Crippen LogP contribution in [0.25, 0.3) is 0 Å². The molecule has 1 aromatic heterocycles. The third-order valence-electron chi connectivity index (χ3n) is 5.01. The Morgan fingerprint density at radius 3 is 2.29 bits per heavy atom. The summed E-state index contributed by atoms with van der Waals surface area (Å²) in [6.45, 7) is 4.91. The van der Waals surface area contributed by atoms with Crippen molar-refractivity contribution in [3.8, 4) is 5.88 Å². The first kappa shape index (κ1) is 20.4. The van der Waals surface area contributed by atoms with E-state index in [2.05, 4.69) is 10.4 Å². The molecule has 0 fully saturated rings. The van der Waals surface area contributed by atoms with Gasteiger partial charge in [0.1, 0.15) is 12.2 Å². The molecule has 0 spiro atoms. The summed E-state index contributed by atoms with van der Waals surface area (Å²) in [5.41, 5.74) is 5.46. The predicted molar refractivity (Wildman–Crippen MR) is 122 cm³/mol. The van der Waals surface area contributed by atoms with Crippen molar-refractivity contribution >= 4 is 11.6 Å². The van der Waals surface area contributed by atoms with Gasteiger partial charge in [-0.2, -0.15) is 0 Å². The Labute approximate surface area is 182 Å². The molecule has 5 nitrogen and oxygen atoms in total. The number of benzene rings is 3. The van der Waals surface area contributed by atoms with Gasteiger partial charge in [-0.05, 0) is 36.6 Å². The maximum absolute atomic E-state index is 13.1. The van der Waals surface area contributed by atoms with E-state index in [1.165, 1.54) is 0 Å². The van der Waals surface area contributed by atoms with Crippen molar-refractivity contribution in [2.24, 2.45) is 0 Å².